The van der Waals surface area contributed by atoms with Gasteiger partial charge in [-0.3, -0.25) is 9.59 Å². The van der Waals surface area contributed by atoms with Crippen LogP contribution in [0.25, 0.3) is 0 Å². The number of nitrogens with zero attached hydrogens (tertiary/aromatic N) is 2. The van der Waals surface area contributed by atoms with Crippen molar-refractivity contribution in [2.75, 3.05) is 11.4 Å². The summed E-state index contributed by atoms with van der Waals surface area (Å²) in [4.78, 5) is 41.5. The molecule has 0 aromatic heterocycles. The molecule has 1 fully saturated rings. The number of hydrogen-bond donors (Lipinski definition) is 1. The number of amides is 4. The standard InChI is InChI=1S/C21H17N3O3/c1-2-3-13-23-18(25)21(22-20(23)27)16-11-7-8-12-17(16)24(19(21)26)14-15-9-5-4-6-10-15/h4-12H,13-14H2,1H3,(H,22,27). The lowest BCUT2D eigenvalue weighted by Crippen LogP contribution is -2.52. The summed E-state index contributed by atoms with van der Waals surface area (Å²) in [6.45, 7) is 1.90. The smallest absolute Gasteiger partial charge is 0.311 e. The zero-order valence-electron chi connectivity index (χ0n) is 14.7. The van der Waals surface area contributed by atoms with Crippen LogP contribution in [0.15, 0.2) is 54.6 Å². The van der Waals surface area contributed by atoms with Gasteiger partial charge in [0.15, 0.2) is 0 Å². The van der Waals surface area contributed by atoms with E-state index >= 15 is 0 Å². The van der Waals surface area contributed by atoms with Gasteiger partial charge in [0.2, 0.25) is 5.54 Å². The predicted molar refractivity (Wildman–Crippen MR) is 99.4 cm³/mol. The zero-order chi connectivity index (χ0) is 19.0. The third kappa shape index (κ3) is 2.40. The zero-order valence-corrected chi connectivity index (χ0v) is 14.7. The molecule has 4 rings (SSSR count). The molecule has 134 valence electrons. The number of hydrogen-bond acceptors (Lipinski definition) is 3. The van der Waals surface area contributed by atoms with Crippen molar-refractivity contribution < 1.29 is 14.4 Å². The van der Waals surface area contributed by atoms with Crippen molar-refractivity contribution in [3.8, 4) is 11.8 Å². The maximum absolute atomic E-state index is 13.4. The van der Waals surface area contributed by atoms with Gasteiger partial charge in [0.1, 0.15) is 0 Å². The lowest BCUT2D eigenvalue weighted by Gasteiger charge is -2.22. The highest BCUT2D eigenvalue weighted by atomic mass is 16.2. The first-order valence-corrected chi connectivity index (χ1v) is 8.58. The molecule has 1 saturated heterocycles. The van der Waals surface area contributed by atoms with Crippen LogP contribution in [0.3, 0.4) is 0 Å². The van der Waals surface area contributed by atoms with E-state index in [0.29, 0.717) is 17.8 Å². The minimum Gasteiger partial charge on any atom is -0.311 e. The van der Waals surface area contributed by atoms with Gasteiger partial charge in [0.05, 0.1) is 18.8 Å². The van der Waals surface area contributed by atoms with E-state index in [1.807, 2.05) is 36.4 Å². The first kappa shape index (κ1) is 16.9. The minimum absolute atomic E-state index is 0.0446. The Kier molecular flexibility index (Phi) is 3.93. The SMILES string of the molecule is CC#CCN1C(=O)NC2(C1=O)C(=O)N(Cc1ccccc1)c1ccccc12. The molecule has 6 nitrogen and oxygen atoms in total. The van der Waals surface area contributed by atoms with Crippen LogP contribution in [0.2, 0.25) is 0 Å². The molecule has 1 unspecified atom stereocenters. The maximum atomic E-state index is 13.4. The molecular weight excluding hydrogens is 342 g/mol. The van der Waals surface area contributed by atoms with Crippen molar-refractivity contribution >= 4 is 23.5 Å². The van der Waals surface area contributed by atoms with E-state index in [0.717, 1.165) is 10.5 Å². The Labute approximate surface area is 156 Å². The topological polar surface area (TPSA) is 69.7 Å². The second kappa shape index (κ2) is 6.29. The largest absolute Gasteiger partial charge is 0.326 e. The quantitative estimate of drug-likeness (QED) is 0.518. The van der Waals surface area contributed by atoms with Gasteiger partial charge in [-0.15, -0.1) is 5.92 Å². The monoisotopic (exact) mass is 359 g/mol. The highest BCUT2D eigenvalue weighted by Crippen LogP contribution is 2.44. The summed E-state index contributed by atoms with van der Waals surface area (Å²) in [6, 6.07) is 16.0. The van der Waals surface area contributed by atoms with E-state index in [9.17, 15) is 14.4 Å². The van der Waals surface area contributed by atoms with Crippen molar-refractivity contribution in [1.29, 1.82) is 0 Å². The van der Waals surface area contributed by atoms with Crippen LogP contribution >= 0.6 is 0 Å². The van der Waals surface area contributed by atoms with Gasteiger partial charge in [0, 0.05) is 5.56 Å². The summed E-state index contributed by atoms with van der Waals surface area (Å²) in [7, 11) is 0. The molecule has 0 radical (unpaired) electrons. The third-order valence-electron chi connectivity index (χ3n) is 4.87. The molecule has 2 aromatic rings. The number of benzene rings is 2. The number of fused-ring (bicyclic) bond motifs is 2. The van der Waals surface area contributed by atoms with Crippen LogP contribution in [0.5, 0.6) is 0 Å². The summed E-state index contributed by atoms with van der Waals surface area (Å²) in [5, 5.41) is 2.64. The Bertz CT molecular complexity index is 1010. The molecule has 2 aliphatic rings. The first-order chi connectivity index (χ1) is 13.1. The van der Waals surface area contributed by atoms with Gasteiger partial charge in [-0.2, -0.15) is 0 Å². The Balaban J connectivity index is 1.79. The lowest BCUT2D eigenvalue weighted by atomic mass is 9.91. The van der Waals surface area contributed by atoms with E-state index in [-0.39, 0.29) is 6.54 Å². The molecule has 2 heterocycles. The average Bonchev–Trinajstić information content (AvgIpc) is 3.08. The molecule has 0 bridgehead atoms. The molecule has 0 aliphatic carbocycles. The van der Waals surface area contributed by atoms with Gasteiger partial charge >= 0.3 is 6.03 Å². The first-order valence-electron chi connectivity index (χ1n) is 8.58. The van der Waals surface area contributed by atoms with Crippen molar-refractivity contribution in [3.63, 3.8) is 0 Å². The van der Waals surface area contributed by atoms with E-state index in [1.54, 1.807) is 30.0 Å². The maximum Gasteiger partial charge on any atom is 0.326 e. The molecule has 6 heteroatoms. The second-order valence-corrected chi connectivity index (χ2v) is 6.39. The molecule has 2 aliphatic heterocycles. The summed E-state index contributed by atoms with van der Waals surface area (Å²) in [5.74, 6) is 4.36. The molecular formula is C21H17N3O3. The van der Waals surface area contributed by atoms with Crippen LogP contribution in [0.4, 0.5) is 10.5 Å². The summed E-state index contributed by atoms with van der Waals surface area (Å²) in [5.41, 5.74) is 0.348. The second-order valence-electron chi connectivity index (χ2n) is 6.39. The Morgan fingerprint density at radius 1 is 0.926 bits per heavy atom. The Morgan fingerprint density at radius 3 is 2.33 bits per heavy atom. The van der Waals surface area contributed by atoms with Gasteiger partial charge in [-0.1, -0.05) is 54.5 Å². The van der Waals surface area contributed by atoms with Crippen LogP contribution < -0.4 is 10.2 Å². The van der Waals surface area contributed by atoms with Gasteiger partial charge in [-0.05, 0) is 18.6 Å². The number of urea groups is 1. The predicted octanol–water partition coefficient (Wildman–Crippen LogP) is 2.00. The number of imide groups is 1. The highest BCUT2D eigenvalue weighted by molar-refractivity contribution is 6.27. The van der Waals surface area contributed by atoms with Crippen LogP contribution in [-0.4, -0.2) is 29.3 Å². The average molecular weight is 359 g/mol. The molecule has 1 N–H and O–H groups in total. The minimum atomic E-state index is -1.71. The fraction of sp³-hybridized carbons (Fsp3) is 0.190. The third-order valence-corrected chi connectivity index (χ3v) is 4.87. The Morgan fingerprint density at radius 2 is 1.59 bits per heavy atom. The van der Waals surface area contributed by atoms with Gasteiger partial charge in [0.25, 0.3) is 11.8 Å². The van der Waals surface area contributed by atoms with Crippen molar-refractivity contribution in [1.82, 2.24) is 10.2 Å². The van der Waals surface area contributed by atoms with Gasteiger partial charge < -0.3 is 10.2 Å². The fourth-order valence-electron chi connectivity index (χ4n) is 3.58. The van der Waals surface area contributed by atoms with Crippen LogP contribution in [0.1, 0.15) is 18.1 Å². The number of carbonyl (C=O) groups excluding carboxylic acids is 3. The number of anilines is 1. The summed E-state index contributed by atoms with van der Waals surface area (Å²) in [6.07, 6.45) is 0. The molecule has 4 amide bonds. The van der Waals surface area contributed by atoms with E-state index in [2.05, 4.69) is 17.2 Å². The number of para-hydroxylation sites is 1. The van der Waals surface area contributed by atoms with Crippen molar-refractivity contribution in [2.24, 2.45) is 0 Å². The normalized spacial score (nSPS) is 20.6. The number of nitrogens with one attached hydrogen (secondary N) is 1. The summed E-state index contributed by atoms with van der Waals surface area (Å²) < 4.78 is 0. The van der Waals surface area contributed by atoms with Crippen molar-refractivity contribution in [3.05, 3.63) is 65.7 Å². The summed E-state index contributed by atoms with van der Waals surface area (Å²) >= 11 is 0. The number of carbonyl (C=O) groups is 3. The van der Waals surface area contributed by atoms with Crippen LogP contribution in [0, 0.1) is 11.8 Å². The molecule has 1 atom stereocenters. The molecule has 0 saturated carbocycles. The highest BCUT2D eigenvalue weighted by Gasteiger charge is 2.63. The van der Waals surface area contributed by atoms with E-state index in [1.165, 1.54) is 0 Å². The fourth-order valence-corrected chi connectivity index (χ4v) is 3.58. The lowest BCUT2D eigenvalue weighted by molar-refractivity contribution is -0.138. The molecule has 1 spiro atoms. The number of rotatable bonds is 3. The van der Waals surface area contributed by atoms with Gasteiger partial charge in [-0.25, -0.2) is 9.69 Å². The molecule has 27 heavy (non-hydrogen) atoms. The van der Waals surface area contributed by atoms with Crippen molar-refractivity contribution in [2.45, 2.75) is 19.0 Å². The molecule has 2 aromatic carbocycles. The Hall–Kier alpha value is -3.59. The van der Waals surface area contributed by atoms with Crippen LogP contribution in [-0.2, 0) is 21.7 Å². The van der Waals surface area contributed by atoms with E-state index in [4.69, 9.17) is 0 Å². The van der Waals surface area contributed by atoms with E-state index < -0.39 is 23.4 Å².